The minimum Gasteiger partial charge on any atom is -0.492 e. The lowest BCUT2D eigenvalue weighted by molar-refractivity contribution is -0.120. The van der Waals surface area contributed by atoms with Crippen LogP contribution in [0.15, 0.2) is 18.2 Å². The number of rotatable bonds is 5. The van der Waals surface area contributed by atoms with E-state index in [0.717, 1.165) is 0 Å². The average molecular weight is 269 g/mol. The molecule has 0 spiro atoms. The first-order valence-electron chi connectivity index (χ1n) is 5.73. The van der Waals surface area contributed by atoms with E-state index in [1.54, 1.807) is 6.92 Å². The fraction of sp³-hybridized carbons (Fsp3) is 0.333. The van der Waals surface area contributed by atoms with Gasteiger partial charge in [0.2, 0.25) is 5.91 Å². The van der Waals surface area contributed by atoms with E-state index in [9.17, 15) is 14.0 Å². The van der Waals surface area contributed by atoms with Gasteiger partial charge >= 0.3 is 6.03 Å². The summed E-state index contributed by atoms with van der Waals surface area (Å²) in [5, 5.41) is 4.76. The van der Waals surface area contributed by atoms with Crippen molar-refractivity contribution in [2.45, 2.75) is 19.9 Å². The summed E-state index contributed by atoms with van der Waals surface area (Å²) in [6, 6.07) is 2.25. The number of amides is 3. The Morgan fingerprint density at radius 1 is 1.47 bits per heavy atom. The maximum absolute atomic E-state index is 13.1. The second kappa shape index (κ2) is 6.58. The zero-order chi connectivity index (χ0) is 14.4. The molecule has 1 rings (SSSR count). The van der Waals surface area contributed by atoms with E-state index in [1.807, 2.05) is 5.32 Å². The highest BCUT2D eigenvalue weighted by Crippen LogP contribution is 2.26. The standard InChI is InChI=1S/C12H16FN3O3/c1-3-19-10-6-8(13)4-5-9(10)15-7(2)11(17)16-12(14)18/h4-7,15H,3H2,1-2H3,(H3,14,16,17,18)/t7-/m0/s1. The van der Waals surface area contributed by atoms with E-state index in [1.165, 1.54) is 25.1 Å². The molecule has 4 N–H and O–H groups in total. The molecule has 0 saturated heterocycles. The Hall–Kier alpha value is -2.31. The third-order valence-corrected chi connectivity index (χ3v) is 2.26. The van der Waals surface area contributed by atoms with Crippen LogP contribution in [-0.2, 0) is 4.79 Å². The molecule has 0 aromatic heterocycles. The largest absolute Gasteiger partial charge is 0.492 e. The van der Waals surface area contributed by atoms with Crippen molar-refractivity contribution in [2.75, 3.05) is 11.9 Å². The lowest BCUT2D eigenvalue weighted by Gasteiger charge is -2.17. The molecule has 1 aromatic rings. The van der Waals surface area contributed by atoms with E-state index < -0.39 is 23.8 Å². The number of imide groups is 1. The van der Waals surface area contributed by atoms with Crippen molar-refractivity contribution in [2.24, 2.45) is 5.73 Å². The molecule has 0 aliphatic heterocycles. The van der Waals surface area contributed by atoms with E-state index >= 15 is 0 Å². The summed E-state index contributed by atoms with van der Waals surface area (Å²) in [4.78, 5) is 22.1. The van der Waals surface area contributed by atoms with Gasteiger partial charge in [-0.15, -0.1) is 0 Å². The van der Waals surface area contributed by atoms with Crippen LogP contribution in [0.4, 0.5) is 14.9 Å². The van der Waals surface area contributed by atoms with Gasteiger partial charge in [-0.25, -0.2) is 9.18 Å². The zero-order valence-corrected chi connectivity index (χ0v) is 10.7. The van der Waals surface area contributed by atoms with Crippen LogP contribution >= 0.6 is 0 Å². The number of hydrogen-bond donors (Lipinski definition) is 3. The van der Waals surface area contributed by atoms with Gasteiger partial charge in [0.1, 0.15) is 17.6 Å². The van der Waals surface area contributed by atoms with Crippen molar-refractivity contribution in [1.82, 2.24) is 5.32 Å². The van der Waals surface area contributed by atoms with Crippen LogP contribution in [0.2, 0.25) is 0 Å². The van der Waals surface area contributed by atoms with Gasteiger partial charge in [0, 0.05) is 6.07 Å². The molecule has 0 unspecified atom stereocenters. The summed E-state index contributed by atoms with van der Waals surface area (Å²) in [5.74, 6) is -0.733. The molecular weight excluding hydrogens is 253 g/mol. The highest BCUT2D eigenvalue weighted by atomic mass is 19.1. The number of carbonyl (C=O) groups excluding carboxylic acids is 2. The number of benzene rings is 1. The van der Waals surface area contributed by atoms with Crippen molar-refractivity contribution < 1.29 is 18.7 Å². The summed E-state index contributed by atoms with van der Waals surface area (Å²) in [6.07, 6.45) is 0. The van der Waals surface area contributed by atoms with Crippen LogP contribution in [0, 0.1) is 5.82 Å². The van der Waals surface area contributed by atoms with Gasteiger partial charge in [-0.2, -0.15) is 0 Å². The monoisotopic (exact) mass is 269 g/mol. The third kappa shape index (κ3) is 4.46. The maximum atomic E-state index is 13.1. The third-order valence-electron chi connectivity index (χ3n) is 2.26. The Kier molecular flexibility index (Phi) is 5.11. The minimum atomic E-state index is -0.928. The number of primary amides is 1. The summed E-state index contributed by atoms with van der Waals surface area (Å²) in [5.41, 5.74) is 5.30. The molecule has 1 atom stereocenters. The number of halogens is 1. The minimum absolute atomic E-state index is 0.293. The van der Waals surface area contributed by atoms with Gasteiger partial charge in [0.05, 0.1) is 12.3 Å². The Morgan fingerprint density at radius 3 is 2.74 bits per heavy atom. The van der Waals surface area contributed by atoms with Crippen molar-refractivity contribution >= 4 is 17.6 Å². The molecule has 0 radical (unpaired) electrons. The molecule has 0 saturated carbocycles. The van der Waals surface area contributed by atoms with E-state index in [-0.39, 0.29) is 0 Å². The van der Waals surface area contributed by atoms with Gasteiger partial charge < -0.3 is 15.8 Å². The second-order valence-corrected chi connectivity index (χ2v) is 3.79. The van der Waals surface area contributed by atoms with Crippen LogP contribution in [0.3, 0.4) is 0 Å². The van der Waals surface area contributed by atoms with Gasteiger partial charge in [-0.1, -0.05) is 0 Å². The molecule has 19 heavy (non-hydrogen) atoms. The Morgan fingerprint density at radius 2 is 2.16 bits per heavy atom. The number of hydrogen-bond acceptors (Lipinski definition) is 4. The van der Waals surface area contributed by atoms with Crippen LogP contribution in [0.1, 0.15) is 13.8 Å². The molecular formula is C12H16FN3O3. The highest BCUT2D eigenvalue weighted by molar-refractivity contribution is 5.97. The van der Waals surface area contributed by atoms with E-state index in [0.29, 0.717) is 18.0 Å². The highest BCUT2D eigenvalue weighted by Gasteiger charge is 2.16. The first-order valence-corrected chi connectivity index (χ1v) is 5.73. The first kappa shape index (κ1) is 14.7. The summed E-state index contributed by atoms with van der Waals surface area (Å²) >= 11 is 0. The maximum Gasteiger partial charge on any atom is 0.318 e. The van der Waals surface area contributed by atoms with Gasteiger partial charge in [0.25, 0.3) is 0 Å². The molecule has 7 heteroatoms. The van der Waals surface area contributed by atoms with E-state index in [4.69, 9.17) is 10.5 Å². The Bertz CT molecular complexity index is 479. The number of carbonyl (C=O) groups is 2. The van der Waals surface area contributed by atoms with Gasteiger partial charge in [0.15, 0.2) is 0 Å². The molecule has 3 amide bonds. The van der Waals surface area contributed by atoms with Crippen molar-refractivity contribution in [3.8, 4) is 5.75 Å². The van der Waals surface area contributed by atoms with Crippen LogP contribution in [0.5, 0.6) is 5.75 Å². The SMILES string of the molecule is CCOc1cc(F)ccc1N[C@@H](C)C(=O)NC(N)=O. The smallest absolute Gasteiger partial charge is 0.318 e. The van der Waals surface area contributed by atoms with Crippen molar-refractivity contribution in [3.05, 3.63) is 24.0 Å². The van der Waals surface area contributed by atoms with Crippen LogP contribution < -0.4 is 21.1 Å². The molecule has 0 aliphatic rings. The summed E-state index contributed by atoms with van der Waals surface area (Å²) < 4.78 is 18.3. The quantitative estimate of drug-likeness (QED) is 0.749. The van der Waals surface area contributed by atoms with Crippen LogP contribution in [0.25, 0.3) is 0 Å². The molecule has 104 valence electrons. The Labute approximate surface area is 110 Å². The average Bonchev–Trinajstić information content (AvgIpc) is 2.32. The predicted octanol–water partition coefficient (Wildman–Crippen LogP) is 1.22. The fourth-order valence-corrected chi connectivity index (χ4v) is 1.42. The van der Waals surface area contributed by atoms with Gasteiger partial charge in [-0.05, 0) is 26.0 Å². The van der Waals surface area contributed by atoms with Crippen molar-refractivity contribution in [1.29, 1.82) is 0 Å². The number of urea groups is 1. The second-order valence-electron chi connectivity index (χ2n) is 3.79. The number of ether oxygens (including phenoxy) is 1. The number of anilines is 1. The molecule has 0 fully saturated rings. The molecule has 1 aromatic carbocycles. The topological polar surface area (TPSA) is 93.4 Å². The first-order chi connectivity index (χ1) is 8.93. The molecule has 0 bridgehead atoms. The summed E-state index contributed by atoms with van der Waals surface area (Å²) in [7, 11) is 0. The zero-order valence-electron chi connectivity index (χ0n) is 10.7. The van der Waals surface area contributed by atoms with Gasteiger partial charge in [-0.3, -0.25) is 10.1 Å². The summed E-state index contributed by atoms with van der Waals surface area (Å²) in [6.45, 7) is 3.66. The van der Waals surface area contributed by atoms with Crippen LogP contribution in [-0.4, -0.2) is 24.6 Å². The van der Waals surface area contributed by atoms with E-state index in [2.05, 4.69) is 5.32 Å². The number of nitrogens with two attached hydrogens (primary N) is 1. The van der Waals surface area contributed by atoms with Crippen molar-refractivity contribution in [3.63, 3.8) is 0 Å². The number of nitrogens with one attached hydrogen (secondary N) is 2. The predicted molar refractivity (Wildman–Crippen MR) is 68.4 cm³/mol. The molecule has 0 heterocycles. The molecule has 6 nitrogen and oxygen atoms in total. The Balaban J connectivity index is 2.80. The lowest BCUT2D eigenvalue weighted by atomic mass is 10.2. The fourth-order valence-electron chi connectivity index (χ4n) is 1.42. The lowest BCUT2D eigenvalue weighted by Crippen LogP contribution is -2.43. The molecule has 0 aliphatic carbocycles. The normalized spacial score (nSPS) is 11.5.